The Morgan fingerprint density at radius 3 is 2.45 bits per heavy atom. The topological polar surface area (TPSA) is 69.8 Å². The molecule has 5 nitrogen and oxygen atoms in total. The molecule has 0 aromatic heterocycles. The fraction of sp³-hybridized carbons (Fsp3) is 0.533. The van der Waals surface area contributed by atoms with E-state index >= 15 is 0 Å². The van der Waals surface area contributed by atoms with Gasteiger partial charge in [-0.3, -0.25) is 9.69 Å². The summed E-state index contributed by atoms with van der Waals surface area (Å²) >= 11 is 0. The summed E-state index contributed by atoms with van der Waals surface area (Å²) in [6.07, 6.45) is 0. The highest BCUT2D eigenvalue weighted by molar-refractivity contribution is 5.85. The molecule has 1 aliphatic heterocycles. The van der Waals surface area contributed by atoms with Crippen LogP contribution >= 0.6 is 24.8 Å². The second-order valence-corrected chi connectivity index (χ2v) is 5.38. The maximum atomic E-state index is 11.9. The van der Waals surface area contributed by atoms with Crippen molar-refractivity contribution in [3.63, 3.8) is 0 Å². The number of hydrogen-bond donors (Lipinski definition) is 2. The smallest absolute Gasteiger partial charge is 0.241 e. The summed E-state index contributed by atoms with van der Waals surface area (Å²) < 4.78 is 0. The summed E-state index contributed by atoms with van der Waals surface area (Å²) in [7, 11) is 0. The summed E-state index contributed by atoms with van der Waals surface area (Å²) in [4.78, 5) is 15.9. The van der Waals surface area contributed by atoms with E-state index in [1.165, 1.54) is 11.1 Å². The van der Waals surface area contributed by atoms with Crippen LogP contribution in [-0.4, -0.2) is 59.6 Å². The summed E-state index contributed by atoms with van der Waals surface area (Å²) in [5.74, 6) is -0.150. The first-order valence-electron chi connectivity index (χ1n) is 7.03. The normalized spacial score (nSPS) is 16.4. The van der Waals surface area contributed by atoms with Crippen molar-refractivity contribution in [2.24, 2.45) is 5.73 Å². The van der Waals surface area contributed by atoms with E-state index in [0.29, 0.717) is 13.1 Å². The highest BCUT2D eigenvalue weighted by Gasteiger charge is 2.24. The third kappa shape index (κ3) is 5.74. The first kappa shape index (κ1) is 21.1. The monoisotopic (exact) mass is 349 g/mol. The van der Waals surface area contributed by atoms with E-state index in [0.717, 1.165) is 19.6 Å². The Balaban J connectivity index is 0.00000220. The van der Waals surface area contributed by atoms with Gasteiger partial charge in [0.25, 0.3) is 0 Å². The predicted octanol–water partition coefficient (Wildman–Crippen LogP) is 0.802. The van der Waals surface area contributed by atoms with Gasteiger partial charge in [0.05, 0.1) is 6.61 Å². The van der Waals surface area contributed by atoms with Gasteiger partial charge in [-0.1, -0.05) is 29.8 Å². The molecule has 0 unspecified atom stereocenters. The van der Waals surface area contributed by atoms with Gasteiger partial charge >= 0.3 is 0 Å². The molecule has 1 fully saturated rings. The van der Waals surface area contributed by atoms with E-state index in [-0.39, 0.29) is 37.3 Å². The molecule has 3 N–H and O–H groups in total. The number of carbonyl (C=O) groups excluding carboxylic acids is 1. The third-order valence-corrected chi connectivity index (χ3v) is 3.69. The van der Waals surface area contributed by atoms with Crippen LogP contribution in [0.5, 0.6) is 0 Å². The van der Waals surface area contributed by atoms with Crippen LogP contribution in [0.25, 0.3) is 0 Å². The van der Waals surface area contributed by atoms with Gasteiger partial charge < -0.3 is 15.7 Å². The number of aryl methyl sites for hydroxylation is 1. The van der Waals surface area contributed by atoms with Crippen LogP contribution in [0, 0.1) is 6.92 Å². The van der Waals surface area contributed by atoms with Gasteiger partial charge in [0.1, 0.15) is 6.04 Å². The number of amides is 1. The number of benzene rings is 1. The lowest BCUT2D eigenvalue weighted by molar-refractivity contribution is -0.135. The summed E-state index contributed by atoms with van der Waals surface area (Å²) in [5.41, 5.74) is 8.14. The molecule has 0 aliphatic carbocycles. The van der Waals surface area contributed by atoms with Crippen molar-refractivity contribution >= 4 is 30.7 Å². The number of nitrogens with two attached hydrogens (primary N) is 1. The zero-order valence-corrected chi connectivity index (χ0v) is 14.4. The van der Waals surface area contributed by atoms with E-state index in [1.54, 1.807) is 4.90 Å². The number of aliphatic hydroxyl groups excluding tert-OH is 1. The van der Waals surface area contributed by atoms with Crippen molar-refractivity contribution in [2.75, 3.05) is 32.8 Å². The van der Waals surface area contributed by atoms with Gasteiger partial charge in [0.2, 0.25) is 5.91 Å². The zero-order valence-electron chi connectivity index (χ0n) is 12.8. The average molecular weight is 350 g/mol. The second-order valence-electron chi connectivity index (χ2n) is 5.38. The molecule has 0 spiro atoms. The lowest BCUT2D eigenvalue weighted by Gasteiger charge is -2.35. The van der Waals surface area contributed by atoms with Crippen LogP contribution < -0.4 is 5.73 Å². The first-order valence-corrected chi connectivity index (χ1v) is 7.03. The number of aliphatic hydroxyl groups is 1. The van der Waals surface area contributed by atoms with Gasteiger partial charge in [0.15, 0.2) is 0 Å². The van der Waals surface area contributed by atoms with Crippen LogP contribution in [0.3, 0.4) is 0 Å². The fourth-order valence-electron chi connectivity index (χ4n) is 2.51. The maximum Gasteiger partial charge on any atom is 0.241 e. The molecule has 0 radical (unpaired) electrons. The van der Waals surface area contributed by atoms with E-state index < -0.39 is 6.04 Å². The van der Waals surface area contributed by atoms with Gasteiger partial charge in [-0.05, 0) is 12.5 Å². The minimum absolute atomic E-state index is 0. The molecule has 1 aromatic carbocycles. The molecule has 1 amide bonds. The van der Waals surface area contributed by atoms with Crippen molar-refractivity contribution < 1.29 is 9.90 Å². The van der Waals surface area contributed by atoms with Gasteiger partial charge in [-0.2, -0.15) is 0 Å². The van der Waals surface area contributed by atoms with Crippen molar-refractivity contribution in [1.82, 2.24) is 9.80 Å². The quantitative estimate of drug-likeness (QED) is 0.843. The number of piperazine rings is 1. The Morgan fingerprint density at radius 1 is 1.27 bits per heavy atom. The molecular formula is C15H25Cl2N3O2. The highest BCUT2D eigenvalue weighted by atomic mass is 35.5. The molecule has 22 heavy (non-hydrogen) atoms. The Kier molecular flexibility index (Phi) is 9.64. The van der Waals surface area contributed by atoms with E-state index in [9.17, 15) is 4.79 Å². The molecule has 7 heteroatoms. The molecule has 2 rings (SSSR count). The SMILES string of the molecule is Cc1cccc(CN2CCN(C(=O)[C@H](N)CO)CC2)c1.Cl.Cl. The summed E-state index contributed by atoms with van der Waals surface area (Å²) in [5, 5.41) is 8.93. The second kappa shape index (κ2) is 10.0. The molecule has 126 valence electrons. The molecule has 0 saturated carbocycles. The first-order chi connectivity index (χ1) is 9.60. The summed E-state index contributed by atoms with van der Waals surface area (Å²) in [6.45, 7) is 5.76. The lowest BCUT2D eigenvalue weighted by Crippen LogP contribution is -2.53. The fourth-order valence-corrected chi connectivity index (χ4v) is 2.51. The molecule has 1 saturated heterocycles. The van der Waals surface area contributed by atoms with Crippen LogP contribution in [0.15, 0.2) is 24.3 Å². The summed E-state index contributed by atoms with van der Waals surface area (Å²) in [6, 6.07) is 7.71. The lowest BCUT2D eigenvalue weighted by atomic mass is 10.1. The predicted molar refractivity (Wildman–Crippen MR) is 92.6 cm³/mol. The molecule has 0 bridgehead atoms. The highest BCUT2D eigenvalue weighted by Crippen LogP contribution is 2.10. The molecule has 1 aromatic rings. The van der Waals surface area contributed by atoms with E-state index in [2.05, 4.69) is 36.1 Å². The van der Waals surface area contributed by atoms with Crippen LogP contribution in [0.2, 0.25) is 0 Å². The molecule has 1 aliphatic rings. The van der Waals surface area contributed by atoms with Gasteiger partial charge in [0, 0.05) is 32.7 Å². The van der Waals surface area contributed by atoms with Crippen molar-refractivity contribution in [3.05, 3.63) is 35.4 Å². The molecular weight excluding hydrogens is 325 g/mol. The Hall–Kier alpha value is -0.850. The van der Waals surface area contributed by atoms with Crippen molar-refractivity contribution in [2.45, 2.75) is 19.5 Å². The van der Waals surface area contributed by atoms with Gasteiger partial charge in [-0.25, -0.2) is 0 Å². The minimum atomic E-state index is -0.779. The number of hydrogen-bond acceptors (Lipinski definition) is 4. The van der Waals surface area contributed by atoms with Crippen molar-refractivity contribution in [1.29, 1.82) is 0 Å². The third-order valence-electron chi connectivity index (χ3n) is 3.69. The van der Waals surface area contributed by atoms with E-state index in [1.807, 2.05) is 0 Å². The van der Waals surface area contributed by atoms with E-state index in [4.69, 9.17) is 10.8 Å². The number of nitrogens with zero attached hydrogens (tertiary/aromatic N) is 2. The Morgan fingerprint density at radius 2 is 1.91 bits per heavy atom. The van der Waals surface area contributed by atoms with Crippen LogP contribution in [0.1, 0.15) is 11.1 Å². The molecule has 1 heterocycles. The maximum absolute atomic E-state index is 11.9. The van der Waals surface area contributed by atoms with Crippen LogP contribution in [-0.2, 0) is 11.3 Å². The minimum Gasteiger partial charge on any atom is -0.394 e. The average Bonchev–Trinajstić information content (AvgIpc) is 2.46. The largest absolute Gasteiger partial charge is 0.394 e. The zero-order chi connectivity index (χ0) is 14.5. The number of halogens is 2. The molecule has 1 atom stereocenters. The Bertz CT molecular complexity index is 466. The van der Waals surface area contributed by atoms with Crippen LogP contribution in [0.4, 0.5) is 0 Å². The number of rotatable bonds is 4. The van der Waals surface area contributed by atoms with Gasteiger partial charge in [-0.15, -0.1) is 24.8 Å². The Labute approximate surface area is 144 Å². The standard InChI is InChI=1S/C15H23N3O2.2ClH/c1-12-3-2-4-13(9-12)10-17-5-7-18(8-6-17)15(20)14(16)11-19;;/h2-4,9,14,19H,5-8,10-11,16H2,1H3;2*1H/t14-;;/m1../s1. The van der Waals surface area contributed by atoms with Crippen molar-refractivity contribution in [3.8, 4) is 0 Å². The number of carbonyl (C=O) groups is 1.